The molecule has 4 nitrogen and oxygen atoms in total. The zero-order chi connectivity index (χ0) is 11.0. The highest BCUT2D eigenvalue weighted by molar-refractivity contribution is 5.56. The van der Waals surface area contributed by atoms with E-state index >= 15 is 0 Å². The first-order valence-corrected chi connectivity index (χ1v) is 5.80. The number of anilines is 1. The Hall–Kier alpha value is -1.55. The van der Waals surface area contributed by atoms with Crippen molar-refractivity contribution >= 4 is 11.2 Å². The molecule has 0 aromatic carbocycles. The van der Waals surface area contributed by atoms with Crippen molar-refractivity contribution in [2.24, 2.45) is 0 Å². The van der Waals surface area contributed by atoms with Gasteiger partial charge < -0.3 is 15.5 Å². The van der Waals surface area contributed by atoms with Gasteiger partial charge in [0.15, 0.2) is 0 Å². The van der Waals surface area contributed by atoms with Crippen LogP contribution in [0.2, 0.25) is 0 Å². The lowest BCUT2D eigenvalue weighted by atomic mass is 10.0. The molecule has 1 saturated heterocycles. The SMILES string of the molecule is Nc1ccn2c(C3CCCCN3)ncc2c1. The predicted octanol–water partition coefficient (Wildman–Crippen LogP) is 1.73. The van der Waals surface area contributed by atoms with E-state index in [4.69, 9.17) is 5.73 Å². The van der Waals surface area contributed by atoms with E-state index in [0.29, 0.717) is 6.04 Å². The molecule has 0 aliphatic carbocycles. The highest BCUT2D eigenvalue weighted by atomic mass is 15.1. The molecule has 0 amide bonds. The average Bonchev–Trinajstić information content (AvgIpc) is 2.73. The van der Waals surface area contributed by atoms with Gasteiger partial charge in [-0.15, -0.1) is 0 Å². The Bertz CT molecular complexity index is 497. The first-order chi connectivity index (χ1) is 7.84. The second kappa shape index (κ2) is 3.79. The molecule has 2 aromatic heterocycles. The Morgan fingerprint density at radius 2 is 2.38 bits per heavy atom. The van der Waals surface area contributed by atoms with Crippen LogP contribution in [0.1, 0.15) is 31.1 Å². The molecule has 4 heteroatoms. The molecule has 2 aromatic rings. The fraction of sp³-hybridized carbons (Fsp3) is 0.417. The highest BCUT2D eigenvalue weighted by Gasteiger charge is 2.18. The molecule has 84 valence electrons. The summed E-state index contributed by atoms with van der Waals surface area (Å²) >= 11 is 0. The molecule has 3 heterocycles. The van der Waals surface area contributed by atoms with Gasteiger partial charge in [-0.1, -0.05) is 6.42 Å². The van der Waals surface area contributed by atoms with Gasteiger partial charge >= 0.3 is 0 Å². The quantitative estimate of drug-likeness (QED) is 0.763. The smallest absolute Gasteiger partial charge is 0.130 e. The van der Waals surface area contributed by atoms with Gasteiger partial charge in [0.2, 0.25) is 0 Å². The van der Waals surface area contributed by atoms with Gasteiger partial charge in [0.1, 0.15) is 5.82 Å². The molecular weight excluding hydrogens is 200 g/mol. The van der Waals surface area contributed by atoms with E-state index in [-0.39, 0.29) is 0 Å². The fourth-order valence-corrected chi connectivity index (χ4v) is 2.37. The van der Waals surface area contributed by atoms with Crippen molar-refractivity contribution in [1.82, 2.24) is 14.7 Å². The molecule has 16 heavy (non-hydrogen) atoms. The maximum Gasteiger partial charge on any atom is 0.130 e. The van der Waals surface area contributed by atoms with Crippen molar-refractivity contribution < 1.29 is 0 Å². The Balaban J connectivity index is 2.03. The van der Waals surface area contributed by atoms with Crippen molar-refractivity contribution in [3.05, 3.63) is 30.4 Å². The second-order valence-corrected chi connectivity index (χ2v) is 4.37. The van der Waals surface area contributed by atoms with Crippen LogP contribution < -0.4 is 11.1 Å². The lowest BCUT2D eigenvalue weighted by molar-refractivity contribution is 0.396. The van der Waals surface area contributed by atoms with Gasteiger partial charge in [0, 0.05) is 11.9 Å². The molecule has 3 rings (SSSR count). The largest absolute Gasteiger partial charge is 0.399 e. The van der Waals surface area contributed by atoms with Gasteiger partial charge in [-0.05, 0) is 31.5 Å². The third kappa shape index (κ3) is 1.55. The van der Waals surface area contributed by atoms with Crippen molar-refractivity contribution in [1.29, 1.82) is 0 Å². The summed E-state index contributed by atoms with van der Waals surface area (Å²) in [6.45, 7) is 1.09. The number of nitrogen functional groups attached to an aromatic ring is 1. The Kier molecular flexibility index (Phi) is 2.29. The first-order valence-electron chi connectivity index (χ1n) is 5.80. The van der Waals surface area contributed by atoms with Crippen LogP contribution in [0.15, 0.2) is 24.5 Å². The standard InChI is InChI=1S/C12H16N4/c13-9-4-6-16-10(7-9)8-15-12(16)11-3-1-2-5-14-11/h4,6-8,11,14H,1-3,5,13H2. The molecular formula is C12H16N4. The van der Waals surface area contributed by atoms with Gasteiger partial charge in [-0.3, -0.25) is 0 Å². The summed E-state index contributed by atoms with van der Waals surface area (Å²) in [4.78, 5) is 4.50. The van der Waals surface area contributed by atoms with Crippen molar-refractivity contribution in [2.75, 3.05) is 12.3 Å². The lowest BCUT2D eigenvalue weighted by Gasteiger charge is -2.22. The third-order valence-electron chi connectivity index (χ3n) is 3.21. The molecule has 1 fully saturated rings. The van der Waals surface area contributed by atoms with E-state index in [1.54, 1.807) is 0 Å². The van der Waals surface area contributed by atoms with Crippen LogP contribution in [0.4, 0.5) is 5.69 Å². The number of piperidine rings is 1. The van der Waals surface area contributed by atoms with Crippen LogP contribution in [0.25, 0.3) is 5.52 Å². The van der Waals surface area contributed by atoms with E-state index in [2.05, 4.69) is 14.7 Å². The summed E-state index contributed by atoms with van der Waals surface area (Å²) in [6.07, 6.45) is 7.61. The molecule has 1 unspecified atom stereocenters. The molecule has 1 aliphatic heterocycles. The molecule has 1 aliphatic rings. The lowest BCUT2D eigenvalue weighted by Crippen LogP contribution is -2.28. The molecule has 3 N–H and O–H groups in total. The number of fused-ring (bicyclic) bond motifs is 1. The number of pyridine rings is 1. The summed E-state index contributed by atoms with van der Waals surface area (Å²) in [5, 5.41) is 3.51. The minimum absolute atomic E-state index is 0.389. The average molecular weight is 216 g/mol. The maximum absolute atomic E-state index is 5.75. The van der Waals surface area contributed by atoms with E-state index in [9.17, 15) is 0 Å². The summed E-state index contributed by atoms with van der Waals surface area (Å²) < 4.78 is 2.12. The second-order valence-electron chi connectivity index (χ2n) is 4.37. The monoisotopic (exact) mass is 216 g/mol. The number of aromatic nitrogens is 2. The van der Waals surface area contributed by atoms with Crippen molar-refractivity contribution in [3.63, 3.8) is 0 Å². The number of nitrogens with zero attached hydrogens (tertiary/aromatic N) is 2. The van der Waals surface area contributed by atoms with E-state index in [0.717, 1.165) is 23.6 Å². The summed E-state index contributed by atoms with van der Waals surface area (Å²) in [7, 11) is 0. The number of nitrogens with two attached hydrogens (primary N) is 1. The van der Waals surface area contributed by atoms with Crippen LogP contribution in [0, 0.1) is 0 Å². The number of hydrogen-bond donors (Lipinski definition) is 2. The topological polar surface area (TPSA) is 55.4 Å². The molecule has 0 spiro atoms. The Labute approximate surface area is 94.5 Å². The summed E-state index contributed by atoms with van der Waals surface area (Å²) in [6, 6.07) is 4.26. The van der Waals surface area contributed by atoms with Crippen molar-refractivity contribution in [2.45, 2.75) is 25.3 Å². The zero-order valence-electron chi connectivity index (χ0n) is 9.19. The summed E-state index contributed by atoms with van der Waals surface area (Å²) in [5.74, 6) is 1.11. The predicted molar refractivity (Wildman–Crippen MR) is 64.2 cm³/mol. The summed E-state index contributed by atoms with van der Waals surface area (Å²) in [5.41, 5.74) is 7.61. The maximum atomic E-state index is 5.75. The number of rotatable bonds is 1. The molecule has 0 saturated carbocycles. The van der Waals surface area contributed by atoms with Crippen LogP contribution >= 0.6 is 0 Å². The first kappa shape index (κ1) is 9.66. The van der Waals surface area contributed by atoms with E-state index in [1.807, 2.05) is 24.5 Å². The molecule has 0 bridgehead atoms. The Morgan fingerprint density at radius 1 is 1.44 bits per heavy atom. The normalized spacial score (nSPS) is 21.4. The van der Waals surface area contributed by atoms with Gasteiger partial charge in [0.05, 0.1) is 17.8 Å². The number of hydrogen-bond acceptors (Lipinski definition) is 3. The number of imidazole rings is 1. The molecule has 0 radical (unpaired) electrons. The van der Waals surface area contributed by atoms with Crippen molar-refractivity contribution in [3.8, 4) is 0 Å². The van der Waals surface area contributed by atoms with Crippen LogP contribution in [-0.4, -0.2) is 15.9 Å². The van der Waals surface area contributed by atoms with Crippen LogP contribution in [0.5, 0.6) is 0 Å². The molecule has 1 atom stereocenters. The van der Waals surface area contributed by atoms with Gasteiger partial charge in [-0.2, -0.15) is 0 Å². The fourth-order valence-electron chi connectivity index (χ4n) is 2.37. The van der Waals surface area contributed by atoms with Crippen LogP contribution in [-0.2, 0) is 0 Å². The van der Waals surface area contributed by atoms with E-state index < -0.39 is 0 Å². The minimum Gasteiger partial charge on any atom is -0.399 e. The van der Waals surface area contributed by atoms with Gasteiger partial charge in [0.25, 0.3) is 0 Å². The highest BCUT2D eigenvalue weighted by Crippen LogP contribution is 2.23. The zero-order valence-corrected chi connectivity index (χ0v) is 9.19. The van der Waals surface area contributed by atoms with Crippen LogP contribution in [0.3, 0.4) is 0 Å². The number of nitrogens with one attached hydrogen (secondary N) is 1. The minimum atomic E-state index is 0.389. The Morgan fingerprint density at radius 3 is 3.19 bits per heavy atom. The third-order valence-corrected chi connectivity index (χ3v) is 3.21. The van der Waals surface area contributed by atoms with Gasteiger partial charge in [-0.25, -0.2) is 4.98 Å². The van der Waals surface area contributed by atoms with E-state index in [1.165, 1.54) is 19.3 Å².